The van der Waals surface area contributed by atoms with Crippen LogP contribution >= 0.6 is 11.3 Å². The fourth-order valence-corrected chi connectivity index (χ4v) is 3.72. The Labute approximate surface area is 187 Å². The number of urea groups is 1. The van der Waals surface area contributed by atoms with Gasteiger partial charge < -0.3 is 19.7 Å². The number of carbonyl (C=O) groups excluding carboxylic acids is 1. The number of anilines is 1. The quantitative estimate of drug-likeness (QED) is 0.453. The molecule has 0 spiro atoms. The average Bonchev–Trinajstić information content (AvgIpc) is 3.24. The van der Waals surface area contributed by atoms with Crippen molar-refractivity contribution < 1.29 is 14.3 Å². The second-order valence-electron chi connectivity index (χ2n) is 7.35. The molecule has 2 amide bonds. The van der Waals surface area contributed by atoms with Crippen LogP contribution in [0.15, 0.2) is 53.9 Å². The summed E-state index contributed by atoms with van der Waals surface area (Å²) in [5.74, 6) is 1.37. The summed E-state index contributed by atoms with van der Waals surface area (Å²) in [5, 5.41) is 5.83. The van der Waals surface area contributed by atoms with Gasteiger partial charge in [0.2, 0.25) is 0 Å². The molecular weight excluding hydrogens is 410 g/mol. The van der Waals surface area contributed by atoms with Crippen LogP contribution in [0.1, 0.15) is 36.5 Å². The zero-order chi connectivity index (χ0) is 22.2. The first-order valence-electron chi connectivity index (χ1n) is 10.3. The van der Waals surface area contributed by atoms with E-state index >= 15 is 0 Å². The molecule has 0 radical (unpaired) electrons. The fraction of sp³-hybridized carbons (Fsp3) is 0.333. The molecule has 3 aromatic rings. The number of hydrogen-bond acceptors (Lipinski definition) is 5. The first kappa shape index (κ1) is 22.6. The van der Waals surface area contributed by atoms with Crippen LogP contribution in [-0.2, 0) is 13.2 Å². The van der Waals surface area contributed by atoms with Crippen LogP contribution < -0.4 is 14.8 Å². The molecule has 164 valence electrons. The van der Waals surface area contributed by atoms with Gasteiger partial charge in [0.25, 0.3) is 0 Å². The Kier molecular flexibility index (Phi) is 7.89. The molecule has 0 bridgehead atoms. The first-order chi connectivity index (χ1) is 15.0. The second kappa shape index (κ2) is 10.8. The number of amides is 2. The third-order valence-corrected chi connectivity index (χ3v) is 5.91. The topological polar surface area (TPSA) is 63.7 Å². The van der Waals surface area contributed by atoms with E-state index in [9.17, 15) is 4.79 Å². The van der Waals surface area contributed by atoms with Crippen LogP contribution in [0.2, 0.25) is 0 Å². The van der Waals surface area contributed by atoms with Gasteiger partial charge in [-0.3, -0.25) is 0 Å². The summed E-state index contributed by atoms with van der Waals surface area (Å²) in [6, 6.07) is 15.3. The molecule has 7 heteroatoms. The van der Waals surface area contributed by atoms with Crippen LogP contribution in [0.3, 0.4) is 0 Å². The summed E-state index contributed by atoms with van der Waals surface area (Å²) < 4.78 is 11.2. The van der Waals surface area contributed by atoms with Gasteiger partial charge >= 0.3 is 6.03 Å². The van der Waals surface area contributed by atoms with Gasteiger partial charge in [0.1, 0.15) is 11.6 Å². The van der Waals surface area contributed by atoms with E-state index in [0.717, 1.165) is 28.4 Å². The summed E-state index contributed by atoms with van der Waals surface area (Å²) in [7, 11) is 1.62. The molecule has 2 aromatic carbocycles. The number of para-hydroxylation sites is 2. The minimum Gasteiger partial charge on any atom is -0.493 e. The summed E-state index contributed by atoms with van der Waals surface area (Å²) in [6.07, 6.45) is 0.856. The number of methoxy groups -OCH3 is 1. The van der Waals surface area contributed by atoms with E-state index in [1.165, 1.54) is 11.3 Å². The SMILES string of the molecule is CC[C@H](C)N(Cc1csc(COc2ccccc2OC)n1)C(=O)Nc1ccc(C)cc1. The van der Waals surface area contributed by atoms with Crippen molar-refractivity contribution in [2.75, 3.05) is 12.4 Å². The normalized spacial score (nSPS) is 11.6. The predicted molar refractivity (Wildman–Crippen MR) is 125 cm³/mol. The highest BCUT2D eigenvalue weighted by molar-refractivity contribution is 7.09. The summed E-state index contributed by atoms with van der Waals surface area (Å²) in [5.41, 5.74) is 2.79. The number of thiazole rings is 1. The molecule has 0 fully saturated rings. The lowest BCUT2D eigenvalue weighted by Crippen LogP contribution is -2.40. The average molecular weight is 440 g/mol. The van der Waals surface area contributed by atoms with E-state index in [1.54, 1.807) is 7.11 Å². The van der Waals surface area contributed by atoms with Crippen molar-refractivity contribution >= 4 is 23.1 Å². The highest BCUT2D eigenvalue weighted by Gasteiger charge is 2.21. The molecule has 0 saturated heterocycles. The Morgan fingerprint density at radius 2 is 1.87 bits per heavy atom. The number of aromatic nitrogens is 1. The molecule has 0 aliphatic carbocycles. The molecular formula is C24H29N3O3S. The summed E-state index contributed by atoms with van der Waals surface area (Å²) >= 11 is 1.53. The molecule has 0 aliphatic heterocycles. The highest BCUT2D eigenvalue weighted by atomic mass is 32.1. The van der Waals surface area contributed by atoms with E-state index in [2.05, 4.69) is 17.2 Å². The molecule has 31 heavy (non-hydrogen) atoms. The standard InChI is InChI=1S/C24H29N3O3S/c1-5-18(3)27(24(28)26-19-12-10-17(2)11-13-19)14-20-16-31-23(25-20)15-30-22-9-7-6-8-21(22)29-4/h6-13,16,18H,5,14-15H2,1-4H3,(H,26,28)/t18-/m0/s1. The number of ether oxygens (including phenoxy) is 2. The molecule has 0 unspecified atom stereocenters. The second-order valence-corrected chi connectivity index (χ2v) is 8.30. The number of benzene rings is 2. The van der Waals surface area contributed by atoms with E-state index in [4.69, 9.17) is 9.47 Å². The van der Waals surface area contributed by atoms with Crippen molar-refractivity contribution in [3.63, 3.8) is 0 Å². The Hall–Kier alpha value is -3.06. The Balaban J connectivity index is 1.64. The molecule has 3 rings (SSSR count). The summed E-state index contributed by atoms with van der Waals surface area (Å²) in [4.78, 5) is 19.4. The maximum Gasteiger partial charge on any atom is 0.322 e. The van der Waals surface area contributed by atoms with Crippen molar-refractivity contribution in [2.45, 2.75) is 46.4 Å². The van der Waals surface area contributed by atoms with Crippen molar-refractivity contribution in [3.05, 3.63) is 70.2 Å². The van der Waals surface area contributed by atoms with Crippen LogP contribution in [0.4, 0.5) is 10.5 Å². The third-order valence-electron chi connectivity index (χ3n) is 5.04. The van der Waals surface area contributed by atoms with Crippen LogP contribution in [0, 0.1) is 6.92 Å². The number of nitrogens with one attached hydrogen (secondary N) is 1. The molecule has 1 heterocycles. The van der Waals surface area contributed by atoms with Crippen LogP contribution in [-0.4, -0.2) is 29.1 Å². The lowest BCUT2D eigenvalue weighted by molar-refractivity contribution is 0.186. The lowest BCUT2D eigenvalue weighted by atomic mass is 10.2. The van der Waals surface area contributed by atoms with Gasteiger partial charge in [0, 0.05) is 17.1 Å². The van der Waals surface area contributed by atoms with Gasteiger partial charge in [0.05, 0.1) is 19.3 Å². The zero-order valence-electron chi connectivity index (χ0n) is 18.4. The van der Waals surface area contributed by atoms with Gasteiger partial charge in [-0.15, -0.1) is 11.3 Å². The fourth-order valence-electron chi connectivity index (χ4n) is 3.02. The minimum atomic E-state index is -0.127. The number of aryl methyl sites for hydroxylation is 1. The molecule has 0 aliphatic rings. The number of carbonyl (C=O) groups is 1. The predicted octanol–water partition coefficient (Wildman–Crippen LogP) is 5.87. The molecule has 6 nitrogen and oxygen atoms in total. The number of hydrogen-bond donors (Lipinski definition) is 1. The lowest BCUT2D eigenvalue weighted by Gasteiger charge is -2.28. The smallest absolute Gasteiger partial charge is 0.322 e. The zero-order valence-corrected chi connectivity index (χ0v) is 19.2. The third kappa shape index (κ3) is 6.21. The van der Waals surface area contributed by atoms with Crippen molar-refractivity contribution in [3.8, 4) is 11.5 Å². The Morgan fingerprint density at radius 3 is 2.55 bits per heavy atom. The molecule has 0 saturated carbocycles. The van der Waals surface area contributed by atoms with Crippen molar-refractivity contribution in [2.24, 2.45) is 0 Å². The highest BCUT2D eigenvalue weighted by Crippen LogP contribution is 2.27. The van der Waals surface area contributed by atoms with E-state index in [0.29, 0.717) is 24.7 Å². The van der Waals surface area contributed by atoms with Gasteiger partial charge in [-0.2, -0.15) is 0 Å². The van der Waals surface area contributed by atoms with Gasteiger partial charge in [-0.1, -0.05) is 36.8 Å². The van der Waals surface area contributed by atoms with Crippen LogP contribution in [0.25, 0.3) is 0 Å². The number of rotatable bonds is 9. The number of nitrogens with zero attached hydrogens (tertiary/aromatic N) is 2. The van der Waals surface area contributed by atoms with Crippen molar-refractivity contribution in [1.82, 2.24) is 9.88 Å². The first-order valence-corrected chi connectivity index (χ1v) is 11.2. The molecule has 1 N–H and O–H groups in total. The molecule has 1 aromatic heterocycles. The van der Waals surface area contributed by atoms with E-state index < -0.39 is 0 Å². The van der Waals surface area contributed by atoms with Gasteiger partial charge in [0.15, 0.2) is 11.5 Å². The van der Waals surface area contributed by atoms with Crippen LogP contribution in [0.5, 0.6) is 11.5 Å². The Morgan fingerprint density at radius 1 is 1.16 bits per heavy atom. The maximum atomic E-state index is 12.9. The maximum absolute atomic E-state index is 12.9. The Bertz CT molecular complexity index is 988. The van der Waals surface area contributed by atoms with E-state index in [1.807, 2.05) is 72.7 Å². The molecule has 1 atom stereocenters. The largest absolute Gasteiger partial charge is 0.493 e. The summed E-state index contributed by atoms with van der Waals surface area (Å²) in [6.45, 7) is 6.94. The van der Waals surface area contributed by atoms with Crippen molar-refractivity contribution in [1.29, 1.82) is 0 Å². The van der Waals surface area contributed by atoms with Gasteiger partial charge in [-0.05, 0) is 44.5 Å². The monoisotopic (exact) mass is 439 g/mol. The minimum absolute atomic E-state index is 0.0837. The van der Waals surface area contributed by atoms with E-state index in [-0.39, 0.29) is 12.1 Å². The van der Waals surface area contributed by atoms with Gasteiger partial charge in [-0.25, -0.2) is 9.78 Å².